The summed E-state index contributed by atoms with van der Waals surface area (Å²) in [6, 6.07) is 6.21. The largest absolute Gasteiger partial charge is 0.373 e. The van der Waals surface area contributed by atoms with Crippen LogP contribution in [0.1, 0.15) is 23.7 Å². The third-order valence-electron chi connectivity index (χ3n) is 3.17. The van der Waals surface area contributed by atoms with Gasteiger partial charge in [0.2, 0.25) is 0 Å². The molecule has 0 unspecified atom stereocenters. The van der Waals surface area contributed by atoms with E-state index in [9.17, 15) is 0 Å². The number of aromatic nitrogens is 2. The van der Waals surface area contributed by atoms with Crippen LogP contribution in [0.5, 0.6) is 0 Å². The summed E-state index contributed by atoms with van der Waals surface area (Å²) in [4.78, 5) is 9.26. The zero-order valence-electron chi connectivity index (χ0n) is 11.7. The number of anilines is 1. The highest BCUT2D eigenvalue weighted by Crippen LogP contribution is 2.29. The number of benzene rings is 1. The second-order valence-electron chi connectivity index (χ2n) is 4.55. The van der Waals surface area contributed by atoms with Crippen molar-refractivity contribution in [3.63, 3.8) is 0 Å². The van der Waals surface area contributed by atoms with Crippen LogP contribution < -0.4 is 5.32 Å². The van der Waals surface area contributed by atoms with E-state index < -0.39 is 0 Å². The third kappa shape index (κ3) is 2.78. The molecule has 0 saturated heterocycles. The molecular weight excluding hydrogens is 302 g/mol. The molecule has 0 fully saturated rings. The fourth-order valence-electron chi connectivity index (χ4n) is 2.15. The lowest BCUT2D eigenvalue weighted by atomic mass is 10.1. The molecule has 1 heterocycles. The van der Waals surface area contributed by atoms with Crippen molar-refractivity contribution in [3.05, 3.63) is 39.5 Å². The lowest BCUT2D eigenvalue weighted by Gasteiger charge is -2.12. The Morgan fingerprint density at radius 2 is 1.95 bits per heavy atom. The maximum absolute atomic E-state index is 4.63. The van der Waals surface area contributed by atoms with Crippen molar-refractivity contribution in [2.24, 2.45) is 0 Å². The summed E-state index contributed by atoms with van der Waals surface area (Å²) in [5.74, 6) is 1.67. The standard InChI is InChI=1S/C15H18BrN3/c1-5-11-10(3)18-15(19-14(11)17-4)12-7-6-9(2)8-13(12)16/h6-8H,5H2,1-4H3,(H,17,18,19). The quantitative estimate of drug-likeness (QED) is 0.924. The van der Waals surface area contributed by atoms with Gasteiger partial charge in [-0.2, -0.15) is 0 Å². The zero-order chi connectivity index (χ0) is 14.0. The Labute approximate surface area is 122 Å². The summed E-state index contributed by atoms with van der Waals surface area (Å²) >= 11 is 3.59. The molecule has 1 aromatic carbocycles. The molecule has 0 aliphatic carbocycles. The second-order valence-corrected chi connectivity index (χ2v) is 5.40. The van der Waals surface area contributed by atoms with Gasteiger partial charge in [-0.05, 0) is 38.0 Å². The second kappa shape index (κ2) is 5.70. The van der Waals surface area contributed by atoms with Gasteiger partial charge in [-0.1, -0.05) is 28.9 Å². The van der Waals surface area contributed by atoms with Crippen LogP contribution in [0.25, 0.3) is 11.4 Å². The normalized spacial score (nSPS) is 10.6. The number of nitrogens with one attached hydrogen (secondary N) is 1. The van der Waals surface area contributed by atoms with E-state index >= 15 is 0 Å². The van der Waals surface area contributed by atoms with Crippen molar-refractivity contribution in [2.45, 2.75) is 27.2 Å². The van der Waals surface area contributed by atoms with Crippen LogP contribution in [0.4, 0.5) is 5.82 Å². The van der Waals surface area contributed by atoms with Gasteiger partial charge in [-0.25, -0.2) is 9.97 Å². The van der Waals surface area contributed by atoms with Crippen LogP contribution >= 0.6 is 15.9 Å². The van der Waals surface area contributed by atoms with E-state index in [4.69, 9.17) is 0 Å². The summed E-state index contributed by atoms with van der Waals surface area (Å²) < 4.78 is 1.03. The minimum absolute atomic E-state index is 0.755. The average molecular weight is 320 g/mol. The molecule has 19 heavy (non-hydrogen) atoms. The highest BCUT2D eigenvalue weighted by atomic mass is 79.9. The maximum Gasteiger partial charge on any atom is 0.162 e. The first kappa shape index (κ1) is 14.0. The minimum Gasteiger partial charge on any atom is -0.373 e. The van der Waals surface area contributed by atoms with E-state index in [1.165, 1.54) is 11.1 Å². The van der Waals surface area contributed by atoms with Gasteiger partial charge in [-0.3, -0.25) is 0 Å². The molecule has 0 spiro atoms. The van der Waals surface area contributed by atoms with E-state index in [0.29, 0.717) is 0 Å². The Morgan fingerprint density at radius 1 is 1.21 bits per heavy atom. The molecule has 0 aliphatic rings. The minimum atomic E-state index is 0.755. The van der Waals surface area contributed by atoms with Gasteiger partial charge >= 0.3 is 0 Å². The topological polar surface area (TPSA) is 37.8 Å². The molecule has 0 radical (unpaired) electrons. The monoisotopic (exact) mass is 319 g/mol. The van der Waals surface area contributed by atoms with Gasteiger partial charge in [0, 0.05) is 28.3 Å². The highest BCUT2D eigenvalue weighted by Gasteiger charge is 2.12. The van der Waals surface area contributed by atoms with Gasteiger partial charge < -0.3 is 5.32 Å². The molecule has 100 valence electrons. The molecule has 2 aromatic rings. The zero-order valence-corrected chi connectivity index (χ0v) is 13.3. The summed E-state index contributed by atoms with van der Waals surface area (Å²) in [5.41, 5.74) is 4.44. The van der Waals surface area contributed by atoms with Crippen LogP contribution in [0.15, 0.2) is 22.7 Å². The van der Waals surface area contributed by atoms with Crippen molar-refractivity contribution in [2.75, 3.05) is 12.4 Å². The molecule has 1 aromatic heterocycles. The first-order valence-electron chi connectivity index (χ1n) is 6.38. The fourth-order valence-corrected chi connectivity index (χ4v) is 2.82. The Balaban J connectivity index is 2.60. The van der Waals surface area contributed by atoms with Crippen LogP contribution in [-0.4, -0.2) is 17.0 Å². The molecule has 4 heteroatoms. The van der Waals surface area contributed by atoms with Gasteiger partial charge in [0.15, 0.2) is 5.82 Å². The first-order chi connectivity index (χ1) is 9.06. The Bertz CT molecular complexity index is 609. The molecule has 1 N–H and O–H groups in total. The maximum atomic E-state index is 4.63. The first-order valence-corrected chi connectivity index (χ1v) is 7.18. The van der Waals surface area contributed by atoms with Crippen molar-refractivity contribution in [1.29, 1.82) is 0 Å². The average Bonchev–Trinajstić information content (AvgIpc) is 2.37. The number of hydrogen-bond donors (Lipinski definition) is 1. The van der Waals surface area contributed by atoms with E-state index in [2.05, 4.69) is 63.3 Å². The van der Waals surface area contributed by atoms with Crippen LogP contribution in [0.2, 0.25) is 0 Å². The molecular formula is C15H18BrN3. The Kier molecular flexibility index (Phi) is 4.20. The van der Waals surface area contributed by atoms with Crippen molar-refractivity contribution in [3.8, 4) is 11.4 Å². The number of aryl methyl sites for hydroxylation is 2. The van der Waals surface area contributed by atoms with Crippen LogP contribution in [0.3, 0.4) is 0 Å². The molecule has 0 atom stereocenters. The lowest BCUT2D eigenvalue weighted by molar-refractivity contribution is 1.00. The molecule has 2 rings (SSSR count). The predicted octanol–water partition coefficient (Wildman–Crippen LogP) is 4.13. The summed E-state index contributed by atoms with van der Waals surface area (Å²) in [7, 11) is 1.90. The van der Waals surface area contributed by atoms with E-state index in [-0.39, 0.29) is 0 Å². The highest BCUT2D eigenvalue weighted by molar-refractivity contribution is 9.10. The Hall–Kier alpha value is -1.42. The van der Waals surface area contributed by atoms with Crippen molar-refractivity contribution < 1.29 is 0 Å². The lowest BCUT2D eigenvalue weighted by Crippen LogP contribution is -2.05. The molecule has 0 amide bonds. The molecule has 0 aliphatic heterocycles. The number of halogens is 1. The Morgan fingerprint density at radius 3 is 2.53 bits per heavy atom. The fraction of sp³-hybridized carbons (Fsp3) is 0.333. The molecule has 0 bridgehead atoms. The van der Waals surface area contributed by atoms with E-state index in [1.807, 2.05) is 14.0 Å². The number of hydrogen-bond acceptors (Lipinski definition) is 3. The number of rotatable bonds is 3. The number of nitrogens with zero attached hydrogens (tertiary/aromatic N) is 2. The van der Waals surface area contributed by atoms with Gasteiger partial charge in [-0.15, -0.1) is 0 Å². The van der Waals surface area contributed by atoms with Gasteiger partial charge in [0.1, 0.15) is 5.82 Å². The van der Waals surface area contributed by atoms with Crippen LogP contribution in [0, 0.1) is 13.8 Å². The summed E-state index contributed by atoms with van der Waals surface area (Å²) in [6.45, 7) is 6.22. The van der Waals surface area contributed by atoms with Gasteiger partial charge in [0.25, 0.3) is 0 Å². The third-order valence-corrected chi connectivity index (χ3v) is 3.83. The molecule has 3 nitrogen and oxygen atoms in total. The summed E-state index contributed by atoms with van der Waals surface area (Å²) in [5, 5.41) is 3.16. The van der Waals surface area contributed by atoms with E-state index in [0.717, 1.165) is 33.8 Å². The molecule has 0 saturated carbocycles. The van der Waals surface area contributed by atoms with Crippen molar-refractivity contribution >= 4 is 21.7 Å². The summed E-state index contributed by atoms with van der Waals surface area (Å²) in [6.07, 6.45) is 0.928. The predicted molar refractivity (Wildman–Crippen MR) is 83.6 cm³/mol. The van der Waals surface area contributed by atoms with Gasteiger partial charge in [0.05, 0.1) is 0 Å². The van der Waals surface area contributed by atoms with Crippen LogP contribution in [-0.2, 0) is 6.42 Å². The SMILES string of the molecule is CCc1c(C)nc(-c2ccc(C)cc2Br)nc1NC. The smallest absolute Gasteiger partial charge is 0.162 e. The van der Waals surface area contributed by atoms with E-state index in [1.54, 1.807) is 0 Å². The van der Waals surface area contributed by atoms with Crippen molar-refractivity contribution in [1.82, 2.24) is 9.97 Å².